The lowest BCUT2D eigenvalue weighted by Crippen LogP contribution is -2.38. The summed E-state index contributed by atoms with van der Waals surface area (Å²) >= 11 is 0. The molecule has 0 rings (SSSR count). The smallest absolute Gasteiger partial charge is 0.317 e. The van der Waals surface area contributed by atoms with E-state index < -0.39 is 5.97 Å². The summed E-state index contributed by atoms with van der Waals surface area (Å²) in [6, 6.07) is 0. The molecule has 70 valence electrons. The third-order valence-electron chi connectivity index (χ3n) is 1.03. The summed E-state index contributed by atoms with van der Waals surface area (Å²) in [7, 11) is 0. The lowest BCUT2D eigenvalue weighted by molar-refractivity contribution is -0.136. The Morgan fingerprint density at radius 3 is 2.50 bits per heavy atom. The minimum atomic E-state index is -0.985. The molecule has 0 aliphatic carbocycles. The van der Waals surface area contributed by atoms with Crippen molar-refractivity contribution in [1.29, 1.82) is 0 Å². The van der Waals surface area contributed by atoms with Gasteiger partial charge in [-0.2, -0.15) is 0 Å². The quantitative estimate of drug-likeness (QED) is 0.364. The first kappa shape index (κ1) is 10.9. The predicted octanol–water partition coefficient (Wildman–Crippen LogP) is -2.26. The number of aliphatic carboxylic acids is 1. The maximum absolute atomic E-state index is 10.8. The summed E-state index contributed by atoms with van der Waals surface area (Å²) < 4.78 is 0. The molecular weight excluding hydrogens is 162 g/mol. The van der Waals surface area contributed by atoms with Crippen LogP contribution in [0.1, 0.15) is 0 Å². The van der Waals surface area contributed by atoms with Gasteiger partial charge in [-0.25, -0.2) is 0 Å². The molecule has 0 saturated carbocycles. The van der Waals surface area contributed by atoms with E-state index in [1.54, 1.807) is 0 Å². The highest BCUT2D eigenvalue weighted by Gasteiger charge is 2.00. The number of rotatable bonds is 6. The van der Waals surface area contributed by atoms with Gasteiger partial charge in [0.2, 0.25) is 5.91 Å². The standard InChI is InChI=1S/C6H13N3O3/c7-1-2-9-5(10)3-8-4-6(11)12/h8H,1-4,7H2,(H,9,10)(H,11,12). The lowest BCUT2D eigenvalue weighted by atomic mass is 10.5. The molecule has 0 aromatic rings. The zero-order valence-electron chi connectivity index (χ0n) is 6.67. The minimum absolute atomic E-state index is 0.00625. The van der Waals surface area contributed by atoms with Crippen molar-refractivity contribution in [3.05, 3.63) is 0 Å². The van der Waals surface area contributed by atoms with Gasteiger partial charge < -0.3 is 16.2 Å². The first-order chi connectivity index (χ1) is 5.66. The van der Waals surface area contributed by atoms with Crippen molar-refractivity contribution >= 4 is 11.9 Å². The van der Waals surface area contributed by atoms with Gasteiger partial charge in [0, 0.05) is 13.1 Å². The lowest BCUT2D eigenvalue weighted by Gasteiger charge is -2.02. The van der Waals surface area contributed by atoms with Crippen LogP contribution in [0.2, 0.25) is 0 Å². The second-order valence-electron chi connectivity index (χ2n) is 2.14. The Labute approximate surface area is 70.1 Å². The van der Waals surface area contributed by atoms with E-state index in [1.165, 1.54) is 0 Å². The van der Waals surface area contributed by atoms with Crippen molar-refractivity contribution in [3.8, 4) is 0 Å². The number of amides is 1. The second-order valence-corrected chi connectivity index (χ2v) is 2.14. The summed E-state index contributed by atoms with van der Waals surface area (Å²) in [6.07, 6.45) is 0. The van der Waals surface area contributed by atoms with Gasteiger partial charge in [0.25, 0.3) is 0 Å². The van der Waals surface area contributed by atoms with Crippen LogP contribution in [-0.2, 0) is 9.59 Å². The number of carbonyl (C=O) groups excluding carboxylic acids is 1. The molecule has 0 atom stereocenters. The van der Waals surface area contributed by atoms with Gasteiger partial charge in [-0.3, -0.25) is 14.9 Å². The van der Waals surface area contributed by atoms with Crippen LogP contribution in [0.5, 0.6) is 0 Å². The highest BCUT2D eigenvalue weighted by atomic mass is 16.4. The fraction of sp³-hybridized carbons (Fsp3) is 0.667. The molecule has 6 nitrogen and oxygen atoms in total. The van der Waals surface area contributed by atoms with Crippen LogP contribution in [-0.4, -0.2) is 43.2 Å². The summed E-state index contributed by atoms with van der Waals surface area (Å²) in [5, 5.41) is 13.1. The molecule has 0 aromatic carbocycles. The van der Waals surface area contributed by atoms with Crippen molar-refractivity contribution in [2.75, 3.05) is 26.2 Å². The average molecular weight is 175 g/mol. The maximum Gasteiger partial charge on any atom is 0.317 e. The van der Waals surface area contributed by atoms with Gasteiger partial charge in [-0.05, 0) is 0 Å². The molecule has 0 heterocycles. The molecule has 12 heavy (non-hydrogen) atoms. The molecule has 0 unspecified atom stereocenters. The number of hydrogen-bond donors (Lipinski definition) is 4. The molecule has 0 radical (unpaired) electrons. The van der Waals surface area contributed by atoms with E-state index in [2.05, 4.69) is 10.6 Å². The summed E-state index contributed by atoms with van der Waals surface area (Å²) in [5.41, 5.74) is 5.12. The summed E-state index contributed by atoms with van der Waals surface area (Å²) in [6.45, 7) is 0.584. The molecule has 1 amide bonds. The number of hydrogen-bond acceptors (Lipinski definition) is 4. The average Bonchev–Trinajstić information content (AvgIpc) is 2.00. The Bertz CT molecular complexity index is 160. The molecule has 0 bridgehead atoms. The van der Waals surface area contributed by atoms with E-state index in [4.69, 9.17) is 10.8 Å². The highest BCUT2D eigenvalue weighted by molar-refractivity contribution is 5.78. The second kappa shape index (κ2) is 6.56. The van der Waals surface area contributed by atoms with Crippen molar-refractivity contribution in [1.82, 2.24) is 10.6 Å². The van der Waals surface area contributed by atoms with Crippen LogP contribution in [0.25, 0.3) is 0 Å². The van der Waals surface area contributed by atoms with E-state index in [0.29, 0.717) is 13.1 Å². The maximum atomic E-state index is 10.8. The number of carbonyl (C=O) groups is 2. The highest BCUT2D eigenvalue weighted by Crippen LogP contribution is 1.64. The van der Waals surface area contributed by atoms with Gasteiger partial charge in [-0.1, -0.05) is 0 Å². The summed E-state index contributed by atoms with van der Waals surface area (Å²) in [5.74, 6) is -1.23. The molecule has 0 aliphatic rings. The Kier molecular flexibility index (Phi) is 5.94. The fourth-order valence-electron chi connectivity index (χ4n) is 0.557. The van der Waals surface area contributed by atoms with Crippen molar-refractivity contribution in [2.24, 2.45) is 5.73 Å². The van der Waals surface area contributed by atoms with Gasteiger partial charge in [0.05, 0.1) is 13.1 Å². The fourth-order valence-corrected chi connectivity index (χ4v) is 0.557. The van der Waals surface area contributed by atoms with Crippen molar-refractivity contribution < 1.29 is 14.7 Å². The van der Waals surface area contributed by atoms with Gasteiger partial charge >= 0.3 is 5.97 Å². The minimum Gasteiger partial charge on any atom is -0.480 e. The van der Waals surface area contributed by atoms with Crippen LogP contribution in [0.3, 0.4) is 0 Å². The largest absolute Gasteiger partial charge is 0.480 e. The third kappa shape index (κ3) is 6.97. The number of carboxylic acid groups (broad SMARTS) is 1. The van der Waals surface area contributed by atoms with Gasteiger partial charge in [0.1, 0.15) is 0 Å². The summed E-state index contributed by atoms with van der Waals surface area (Å²) in [4.78, 5) is 20.7. The topological polar surface area (TPSA) is 104 Å². The Hall–Kier alpha value is -1.14. The number of carboxylic acids is 1. The van der Waals surface area contributed by atoms with Crippen LogP contribution < -0.4 is 16.4 Å². The molecular formula is C6H13N3O3. The van der Waals surface area contributed by atoms with Crippen LogP contribution in [0.15, 0.2) is 0 Å². The molecule has 0 aliphatic heterocycles. The predicted molar refractivity (Wildman–Crippen MR) is 42.6 cm³/mol. The Balaban J connectivity index is 3.25. The molecule has 0 fully saturated rings. The molecule has 6 heteroatoms. The van der Waals surface area contributed by atoms with E-state index in [1.807, 2.05) is 0 Å². The molecule has 0 aromatic heterocycles. The third-order valence-corrected chi connectivity index (χ3v) is 1.03. The number of nitrogens with two attached hydrogens (primary N) is 1. The van der Waals surface area contributed by atoms with Crippen molar-refractivity contribution in [3.63, 3.8) is 0 Å². The zero-order valence-corrected chi connectivity index (χ0v) is 6.67. The van der Waals surface area contributed by atoms with Crippen LogP contribution in [0, 0.1) is 0 Å². The SMILES string of the molecule is NCCNC(=O)CNCC(=O)O. The van der Waals surface area contributed by atoms with E-state index in [0.717, 1.165) is 0 Å². The van der Waals surface area contributed by atoms with Gasteiger partial charge in [-0.15, -0.1) is 0 Å². The first-order valence-corrected chi connectivity index (χ1v) is 3.56. The number of nitrogens with one attached hydrogen (secondary N) is 2. The van der Waals surface area contributed by atoms with Crippen LogP contribution >= 0.6 is 0 Å². The normalized spacial score (nSPS) is 9.42. The van der Waals surface area contributed by atoms with Crippen molar-refractivity contribution in [2.45, 2.75) is 0 Å². The monoisotopic (exact) mass is 175 g/mol. The Morgan fingerprint density at radius 2 is 2.00 bits per heavy atom. The molecule has 0 spiro atoms. The Morgan fingerprint density at radius 1 is 1.33 bits per heavy atom. The molecule has 0 saturated heterocycles. The van der Waals surface area contributed by atoms with E-state index in [9.17, 15) is 9.59 Å². The molecule has 5 N–H and O–H groups in total. The first-order valence-electron chi connectivity index (χ1n) is 3.56. The van der Waals surface area contributed by atoms with E-state index >= 15 is 0 Å². The zero-order chi connectivity index (χ0) is 9.40. The van der Waals surface area contributed by atoms with Gasteiger partial charge in [0.15, 0.2) is 0 Å². The van der Waals surface area contributed by atoms with E-state index in [-0.39, 0.29) is 19.0 Å². The van der Waals surface area contributed by atoms with Crippen LogP contribution in [0.4, 0.5) is 0 Å².